The van der Waals surface area contributed by atoms with Gasteiger partial charge < -0.3 is 19.5 Å². The molecule has 3 aromatic carbocycles. The summed E-state index contributed by atoms with van der Waals surface area (Å²) < 4.78 is 43.5. The van der Waals surface area contributed by atoms with E-state index in [0.717, 1.165) is 0 Å². The van der Waals surface area contributed by atoms with Crippen molar-refractivity contribution in [3.05, 3.63) is 78.4 Å². The molecule has 184 valence electrons. The minimum Gasteiger partial charge on any atom is -0.490 e. The highest BCUT2D eigenvalue weighted by atomic mass is 32.2. The Hall–Kier alpha value is -4.05. The number of benzene rings is 3. The zero-order chi connectivity index (χ0) is 25.3. The van der Waals surface area contributed by atoms with E-state index in [0.29, 0.717) is 30.4 Å². The molecule has 0 spiro atoms. The third kappa shape index (κ3) is 7.21. The molecule has 0 unspecified atom stereocenters. The molecule has 10 heteroatoms. The van der Waals surface area contributed by atoms with Crippen molar-refractivity contribution in [3.8, 4) is 11.5 Å². The molecule has 2 N–H and O–H groups in total. The number of anilines is 2. The van der Waals surface area contributed by atoms with Crippen LogP contribution in [-0.4, -0.2) is 40.1 Å². The lowest BCUT2D eigenvalue weighted by atomic mass is 10.2. The molecule has 0 atom stereocenters. The standard InChI is InChI=1S/C25H26N2O7S/c1-3-32-22-14-13-19(16-23(22)33-4-2)26-24(28)17-34-25(29)18-9-8-10-20(15-18)27-35(30,31)21-11-6-5-7-12-21/h5-16,27H,3-4,17H2,1-2H3,(H,26,28). The zero-order valence-electron chi connectivity index (χ0n) is 19.3. The normalized spacial score (nSPS) is 10.8. The second kappa shape index (κ2) is 11.9. The minimum absolute atomic E-state index is 0.0887. The Morgan fingerprint density at radius 3 is 2.23 bits per heavy atom. The first kappa shape index (κ1) is 25.6. The first-order valence-electron chi connectivity index (χ1n) is 10.9. The van der Waals surface area contributed by atoms with E-state index in [9.17, 15) is 18.0 Å². The van der Waals surface area contributed by atoms with Crippen LogP contribution in [0.15, 0.2) is 77.7 Å². The van der Waals surface area contributed by atoms with Gasteiger partial charge in [-0.25, -0.2) is 13.2 Å². The fraction of sp³-hybridized carbons (Fsp3) is 0.200. The van der Waals surface area contributed by atoms with Crippen molar-refractivity contribution in [1.29, 1.82) is 0 Å². The molecule has 0 aliphatic heterocycles. The Labute approximate surface area is 204 Å². The van der Waals surface area contributed by atoms with Gasteiger partial charge >= 0.3 is 5.97 Å². The van der Waals surface area contributed by atoms with Crippen molar-refractivity contribution >= 4 is 33.3 Å². The molecule has 9 nitrogen and oxygen atoms in total. The van der Waals surface area contributed by atoms with Crippen molar-refractivity contribution in [2.75, 3.05) is 29.9 Å². The summed E-state index contributed by atoms with van der Waals surface area (Å²) in [6, 6.07) is 18.6. The highest BCUT2D eigenvalue weighted by Crippen LogP contribution is 2.30. The molecular formula is C25H26N2O7S. The molecule has 3 rings (SSSR count). The highest BCUT2D eigenvalue weighted by Gasteiger charge is 2.16. The quantitative estimate of drug-likeness (QED) is 0.382. The van der Waals surface area contributed by atoms with Gasteiger partial charge in [0.05, 0.1) is 23.7 Å². The molecule has 0 aliphatic rings. The van der Waals surface area contributed by atoms with Gasteiger partial charge in [0.2, 0.25) is 0 Å². The predicted molar refractivity (Wildman–Crippen MR) is 131 cm³/mol. The van der Waals surface area contributed by atoms with E-state index < -0.39 is 28.5 Å². The van der Waals surface area contributed by atoms with Gasteiger partial charge in [0.1, 0.15) is 0 Å². The van der Waals surface area contributed by atoms with Gasteiger partial charge in [0.15, 0.2) is 18.1 Å². The molecule has 3 aromatic rings. The van der Waals surface area contributed by atoms with Crippen LogP contribution in [0.5, 0.6) is 11.5 Å². The van der Waals surface area contributed by atoms with E-state index in [4.69, 9.17) is 14.2 Å². The first-order valence-corrected chi connectivity index (χ1v) is 12.3. The molecular weight excluding hydrogens is 472 g/mol. The third-order valence-corrected chi connectivity index (χ3v) is 5.96. The summed E-state index contributed by atoms with van der Waals surface area (Å²) in [4.78, 5) is 24.8. The van der Waals surface area contributed by atoms with Gasteiger partial charge in [-0.1, -0.05) is 24.3 Å². The lowest BCUT2D eigenvalue weighted by Crippen LogP contribution is -2.21. The van der Waals surface area contributed by atoms with Crippen LogP contribution >= 0.6 is 0 Å². The Morgan fingerprint density at radius 2 is 1.51 bits per heavy atom. The molecule has 0 aliphatic carbocycles. The smallest absolute Gasteiger partial charge is 0.338 e. The Kier molecular flexibility index (Phi) is 8.69. The summed E-state index contributed by atoms with van der Waals surface area (Å²) in [5.41, 5.74) is 0.728. The fourth-order valence-electron chi connectivity index (χ4n) is 3.06. The fourth-order valence-corrected chi connectivity index (χ4v) is 4.13. The largest absolute Gasteiger partial charge is 0.490 e. The van der Waals surface area contributed by atoms with Gasteiger partial charge in [0.25, 0.3) is 15.9 Å². The average Bonchev–Trinajstić information content (AvgIpc) is 2.85. The van der Waals surface area contributed by atoms with E-state index >= 15 is 0 Å². The van der Waals surface area contributed by atoms with Crippen LogP contribution < -0.4 is 19.5 Å². The predicted octanol–water partition coefficient (Wildman–Crippen LogP) is 4.08. The van der Waals surface area contributed by atoms with E-state index in [1.165, 1.54) is 36.4 Å². The number of esters is 1. The SMILES string of the molecule is CCOc1ccc(NC(=O)COC(=O)c2cccc(NS(=O)(=O)c3ccccc3)c2)cc1OCC. The van der Waals surface area contributed by atoms with Crippen molar-refractivity contribution in [3.63, 3.8) is 0 Å². The number of carbonyl (C=O) groups is 2. The van der Waals surface area contributed by atoms with Gasteiger partial charge in [-0.15, -0.1) is 0 Å². The maximum absolute atomic E-state index is 12.5. The number of rotatable bonds is 11. The Bertz CT molecular complexity index is 1280. The highest BCUT2D eigenvalue weighted by molar-refractivity contribution is 7.92. The number of amides is 1. The maximum Gasteiger partial charge on any atom is 0.338 e. The molecule has 0 heterocycles. The average molecular weight is 499 g/mol. The van der Waals surface area contributed by atoms with Crippen LogP contribution in [0.2, 0.25) is 0 Å². The number of carbonyl (C=O) groups excluding carboxylic acids is 2. The first-order chi connectivity index (χ1) is 16.8. The summed E-state index contributed by atoms with van der Waals surface area (Å²) in [6.45, 7) is 4.05. The zero-order valence-corrected chi connectivity index (χ0v) is 20.1. The van der Waals surface area contributed by atoms with Crippen molar-refractivity contribution in [2.45, 2.75) is 18.7 Å². The van der Waals surface area contributed by atoms with Crippen LogP contribution in [0, 0.1) is 0 Å². The van der Waals surface area contributed by atoms with Crippen molar-refractivity contribution < 1.29 is 32.2 Å². The van der Waals surface area contributed by atoms with E-state index in [1.54, 1.807) is 36.4 Å². The van der Waals surface area contributed by atoms with Crippen LogP contribution in [0.1, 0.15) is 24.2 Å². The topological polar surface area (TPSA) is 120 Å². The van der Waals surface area contributed by atoms with E-state index in [1.807, 2.05) is 13.8 Å². The molecule has 0 saturated heterocycles. The summed E-state index contributed by atoms with van der Waals surface area (Å²) >= 11 is 0. The number of sulfonamides is 1. The molecule has 0 saturated carbocycles. The van der Waals surface area contributed by atoms with Crippen molar-refractivity contribution in [2.24, 2.45) is 0 Å². The van der Waals surface area contributed by atoms with Crippen LogP contribution in [-0.2, 0) is 19.6 Å². The summed E-state index contributed by atoms with van der Waals surface area (Å²) in [7, 11) is -3.82. The molecule has 0 radical (unpaired) electrons. The number of hydrogen-bond donors (Lipinski definition) is 2. The maximum atomic E-state index is 12.5. The molecule has 0 bridgehead atoms. The molecule has 1 amide bonds. The Balaban J connectivity index is 1.60. The third-order valence-electron chi connectivity index (χ3n) is 4.57. The molecule has 35 heavy (non-hydrogen) atoms. The number of hydrogen-bond acceptors (Lipinski definition) is 7. The van der Waals surface area contributed by atoms with Crippen LogP contribution in [0.25, 0.3) is 0 Å². The van der Waals surface area contributed by atoms with Crippen molar-refractivity contribution in [1.82, 2.24) is 0 Å². The second-order valence-electron chi connectivity index (χ2n) is 7.15. The molecule has 0 aromatic heterocycles. The van der Waals surface area contributed by atoms with Gasteiger partial charge in [-0.3, -0.25) is 9.52 Å². The van der Waals surface area contributed by atoms with E-state index in [2.05, 4.69) is 10.0 Å². The van der Waals surface area contributed by atoms with Gasteiger partial charge in [0, 0.05) is 17.4 Å². The lowest BCUT2D eigenvalue weighted by Gasteiger charge is -2.13. The van der Waals surface area contributed by atoms with Gasteiger partial charge in [-0.2, -0.15) is 0 Å². The monoisotopic (exact) mass is 498 g/mol. The second-order valence-corrected chi connectivity index (χ2v) is 8.83. The molecule has 0 fully saturated rings. The summed E-state index contributed by atoms with van der Waals surface area (Å²) in [6.07, 6.45) is 0. The lowest BCUT2D eigenvalue weighted by molar-refractivity contribution is -0.119. The Morgan fingerprint density at radius 1 is 0.800 bits per heavy atom. The van der Waals surface area contributed by atoms with E-state index in [-0.39, 0.29) is 16.1 Å². The van der Waals surface area contributed by atoms with Gasteiger partial charge in [-0.05, 0) is 56.3 Å². The minimum atomic E-state index is -3.82. The summed E-state index contributed by atoms with van der Waals surface area (Å²) in [5.74, 6) is -0.283. The van der Waals surface area contributed by atoms with Crippen LogP contribution in [0.4, 0.5) is 11.4 Å². The summed E-state index contributed by atoms with van der Waals surface area (Å²) in [5, 5.41) is 2.63. The number of nitrogens with one attached hydrogen (secondary N) is 2. The van der Waals surface area contributed by atoms with Crippen LogP contribution in [0.3, 0.4) is 0 Å². The number of ether oxygens (including phenoxy) is 3.